The SMILES string of the molecule is C.CCOP1(=O)OC(C)C(C)O1.CCOP1(=O)OC(C)CC(C)O1.CCOP1(=O)OCCCO1.CCOP1(=O)OCCO1.CCOP1(=O)O[C@@H](C)C[C@H](C)O1.CCOP1(=O)O[C@@H](C)[C@H](C)O1.CCOP1(=O)O[C@H](C)C[C@@H](C)O1.CCOP1(=O)O[C@H](C)[C@@H](C)O1. The molecule has 8 rings (SSSR count). The first-order valence-electron chi connectivity index (χ1n) is 29.7. The van der Waals surface area contributed by atoms with Crippen LogP contribution in [-0.4, -0.2) is 153 Å². The van der Waals surface area contributed by atoms with Gasteiger partial charge in [-0.3, -0.25) is 109 Å². The Bertz CT molecular complexity index is 2040. The lowest BCUT2D eigenvalue weighted by Crippen LogP contribution is -2.24. The van der Waals surface area contributed by atoms with Gasteiger partial charge in [-0.15, -0.1) is 0 Å². The fourth-order valence-corrected chi connectivity index (χ4v) is 19.4. The van der Waals surface area contributed by atoms with Crippen LogP contribution >= 0.6 is 62.6 Å². The van der Waals surface area contributed by atoms with Gasteiger partial charge in [0.15, 0.2) is 0 Å². The Labute approximate surface area is 529 Å². The molecule has 4 unspecified atom stereocenters. The molecule has 0 bridgehead atoms. The Balaban J connectivity index is 0.000000994. The number of phosphoric ester groups is 8. The van der Waals surface area contributed by atoms with Crippen molar-refractivity contribution < 1.29 is 145 Å². The van der Waals surface area contributed by atoms with Crippen molar-refractivity contribution in [2.75, 3.05) is 79.3 Å². The van der Waals surface area contributed by atoms with Crippen LogP contribution < -0.4 is 0 Å². The molecule has 0 aromatic heterocycles. The maximum atomic E-state index is 11.6. The smallest absolute Gasteiger partial charge is 0.287 e. The molecule has 8 aliphatic heterocycles. The molecule has 0 amide bonds. The Hall–Kier alpha value is 0.880. The van der Waals surface area contributed by atoms with Gasteiger partial charge >= 0.3 is 62.6 Å². The lowest BCUT2D eigenvalue weighted by molar-refractivity contribution is 0.00317. The van der Waals surface area contributed by atoms with E-state index in [-0.39, 0.29) is 80.7 Å². The third-order valence-corrected chi connectivity index (χ3v) is 25.1. The molecule has 0 N–H and O–H groups in total. The van der Waals surface area contributed by atoms with Crippen LogP contribution in [0.4, 0.5) is 0 Å². The highest BCUT2D eigenvalue weighted by Gasteiger charge is 2.44. The summed E-state index contributed by atoms with van der Waals surface area (Å²) in [6.07, 6.45) is 1.90. The zero-order valence-electron chi connectivity index (χ0n) is 54.9. The Morgan fingerprint density at radius 1 is 0.247 bits per heavy atom. The summed E-state index contributed by atoms with van der Waals surface area (Å²) < 4.78 is 209. The van der Waals surface area contributed by atoms with Gasteiger partial charge in [0.05, 0.1) is 153 Å². The number of phosphoric acid groups is 8. The molecular formula is C49H108O32P8. The lowest BCUT2D eigenvalue weighted by atomic mass is 10.2. The fraction of sp³-hybridized carbons (Fsp3) is 1.00. The van der Waals surface area contributed by atoms with E-state index in [2.05, 4.69) is 0 Å². The third-order valence-electron chi connectivity index (χ3n) is 11.3. The van der Waals surface area contributed by atoms with Crippen molar-refractivity contribution in [3.05, 3.63) is 0 Å². The quantitative estimate of drug-likeness (QED) is 0.130. The highest BCUT2D eigenvalue weighted by atomic mass is 31.2. The highest BCUT2D eigenvalue weighted by molar-refractivity contribution is 7.50. The average Bonchev–Trinajstić information content (AvgIpc) is 3.94. The summed E-state index contributed by atoms with van der Waals surface area (Å²) in [5.74, 6) is 0. The molecule has 32 nitrogen and oxygen atoms in total. The summed E-state index contributed by atoms with van der Waals surface area (Å²) in [5.41, 5.74) is 0. The largest absolute Gasteiger partial charge is 0.475 e. The molecule has 89 heavy (non-hydrogen) atoms. The molecule has 0 aromatic carbocycles. The van der Waals surface area contributed by atoms with Crippen molar-refractivity contribution in [2.45, 2.75) is 245 Å². The predicted molar refractivity (Wildman–Crippen MR) is 329 cm³/mol. The molecule has 0 aromatic rings. The maximum Gasteiger partial charge on any atom is 0.475 e. The first-order chi connectivity index (χ1) is 40.9. The molecule has 12 atom stereocenters. The zero-order valence-corrected chi connectivity index (χ0v) is 62.0. The van der Waals surface area contributed by atoms with E-state index in [0.717, 1.165) is 25.7 Å². The van der Waals surface area contributed by atoms with Crippen LogP contribution in [0, 0.1) is 0 Å². The molecule has 8 saturated heterocycles. The van der Waals surface area contributed by atoms with Crippen molar-refractivity contribution in [1.29, 1.82) is 0 Å². The zero-order chi connectivity index (χ0) is 67.2. The number of hydrogen-bond acceptors (Lipinski definition) is 32. The minimum atomic E-state index is -3.23. The minimum Gasteiger partial charge on any atom is -0.287 e. The summed E-state index contributed by atoms with van der Waals surface area (Å²) in [6.45, 7) is 40.5. The van der Waals surface area contributed by atoms with E-state index in [1.165, 1.54) is 0 Å². The molecule has 40 heteroatoms. The number of hydrogen-bond donors (Lipinski definition) is 0. The Kier molecular flexibility index (Phi) is 44.4. The van der Waals surface area contributed by atoms with Gasteiger partial charge in [-0.1, -0.05) is 7.43 Å². The highest BCUT2D eigenvalue weighted by Crippen LogP contribution is 2.61. The van der Waals surface area contributed by atoms with Gasteiger partial charge < -0.3 is 0 Å². The van der Waals surface area contributed by atoms with Gasteiger partial charge in [-0.05, 0) is 145 Å². The molecule has 0 saturated carbocycles. The normalized spacial score (nSPS) is 37.0. The second kappa shape index (κ2) is 44.0. The first-order valence-corrected chi connectivity index (χ1v) is 41.4. The predicted octanol–water partition coefficient (Wildman–Crippen LogP) is 16.3. The summed E-state index contributed by atoms with van der Waals surface area (Å²) >= 11 is 0. The summed E-state index contributed by atoms with van der Waals surface area (Å²) in [6, 6.07) is 0. The van der Waals surface area contributed by atoms with Crippen LogP contribution in [0.5, 0.6) is 0 Å². The van der Waals surface area contributed by atoms with E-state index < -0.39 is 62.6 Å². The van der Waals surface area contributed by atoms with E-state index in [1.807, 2.05) is 83.1 Å². The molecule has 0 aliphatic carbocycles. The molecule has 8 heterocycles. The van der Waals surface area contributed by atoms with Crippen LogP contribution in [-0.2, 0) is 145 Å². The Morgan fingerprint density at radius 2 is 0.393 bits per heavy atom. The molecule has 8 fully saturated rings. The van der Waals surface area contributed by atoms with Crippen LogP contribution in [0.25, 0.3) is 0 Å². The first kappa shape index (κ1) is 89.9. The van der Waals surface area contributed by atoms with Gasteiger partial charge in [-0.2, -0.15) is 0 Å². The molecule has 0 radical (unpaired) electrons. The topological polar surface area (TPSA) is 358 Å². The molecule has 0 spiro atoms. The van der Waals surface area contributed by atoms with Gasteiger partial charge in [0.2, 0.25) is 0 Å². The molecule has 536 valence electrons. The third kappa shape index (κ3) is 36.3. The van der Waals surface area contributed by atoms with Crippen molar-refractivity contribution in [3.8, 4) is 0 Å². The molecular weight excluding hydrogens is 1350 g/mol. The molecule has 8 aliphatic rings. The summed E-state index contributed by atoms with van der Waals surface area (Å²) in [4.78, 5) is 0. The summed E-state index contributed by atoms with van der Waals surface area (Å²) in [7, 11) is -25.4. The van der Waals surface area contributed by atoms with Crippen LogP contribution in [0.1, 0.15) is 172 Å². The van der Waals surface area contributed by atoms with E-state index in [0.29, 0.717) is 79.3 Å². The average molecular weight is 1460 g/mol. The summed E-state index contributed by atoms with van der Waals surface area (Å²) in [5, 5.41) is 0. The van der Waals surface area contributed by atoms with Gasteiger partial charge in [0.25, 0.3) is 0 Å². The van der Waals surface area contributed by atoms with Gasteiger partial charge in [-0.25, -0.2) is 36.5 Å². The van der Waals surface area contributed by atoms with Gasteiger partial charge in [0, 0.05) is 19.3 Å². The minimum absolute atomic E-state index is 0. The lowest BCUT2D eigenvalue weighted by Gasteiger charge is -2.30. The second-order valence-corrected chi connectivity index (χ2v) is 32.5. The van der Waals surface area contributed by atoms with Gasteiger partial charge in [0.1, 0.15) is 0 Å². The maximum absolute atomic E-state index is 11.6. The van der Waals surface area contributed by atoms with Crippen molar-refractivity contribution in [3.63, 3.8) is 0 Å². The fourth-order valence-electron chi connectivity index (χ4n) is 7.43. The van der Waals surface area contributed by atoms with E-state index in [4.69, 9.17) is 109 Å². The van der Waals surface area contributed by atoms with Crippen molar-refractivity contribution >= 4 is 62.6 Å². The monoisotopic (exact) mass is 1460 g/mol. The number of rotatable bonds is 16. The van der Waals surface area contributed by atoms with E-state index in [1.54, 1.807) is 55.4 Å². The van der Waals surface area contributed by atoms with Crippen molar-refractivity contribution in [1.82, 2.24) is 0 Å². The van der Waals surface area contributed by atoms with Crippen LogP contribution in [0.3, 0.4) is 0 Å². The Morgan fingerprint density at radius 3 is 0.562 bits per heavy atom. The van der Waals surface area contributed by atoms with Crippen molar-refractivity contribution in [2.24, 2.45) is 0 Å². The van der Waals surface area contributed by atoms with Crippen LogP contribution in [0.15, 0.2) is 0 Å². The second-order valence-electron chi connectivity index (χ2n) is 19.7. The van der Waals surface area contributed by atoms with E-state index >= 15 is 0 Å². The standard InChI is InChI=1S/3C7H15O4P.3C6H13O4P.C5H11O4P.C4H9O4P.CH4/c3*1-4-9-12(8)10-6(2)5-7(3)11-12;3*1-4-8-11(7)9-5(2)6(3)10-11;1-2-7-10(6)8-4-3-5-9-10;1-2-6-9(5)7-3-4-8-9;/h3*6-7H,4-5H2,1-3H3;3*5-6H,4H2,1-3H3;2-5H2,1H3;2-4H2,1H3;1H4/t2*6-,7-;;2*5-,6-;;;;/m10.10..../s1. The van der Waals surface area contributed by atoms with Crippen LogP contribution in [0.2, 0.25) is 0 Å². The van der Waals surface area contributed by atoms with E-state index in [9.17, 15) is 36.5 Å².